The van der Waals surface area contributed by atoms with Gasteiger partial charge in [-0.3, -0.25) is 0 Å². The summed E-state index contributed by atoms with van der Waals surface area (Å²) in [7, 11) is 2.18. The first-order chi connectivity index (χ1) is 10.6. The standard InChI is InChI=1S/C17H27N3O2/c1-20-11-8-15(9-12-20)19-16-7-4-6-14(13-16)5-2-3-10-18-17(21)22/h4,6-7,13,15,18-19H,2-3,5,8-12H2,1H3,(H,21,22). The van der Waals surface area contributed by atoms with Crippen molar-refractivity contribution in [2.24, 2.45) is 0 Å². The molecule has 122 valence electrons. The van der Waals surface area contributed by atoms with E-state index in [1.54, 1.807) is 0 Å². The van der Waals surface area contributed by atoms with Crippen LogP contribution in [0.5, 0.6) is 0 Å². The molecule has 5 heteroatoms. The molecule has 1 aliphatic heterocycles. The number of likely N-dealkylation sites (tertiary alicyclic amines) is 1. The van der Waals surface area contributed by atoms with E-state index in [0.29, 0.717) is 12.6 Å². The van der Waals surface area contributed by atoms with Gasteiger partial charge in [-0.05, 0) is 69.9 Å². The van der Waals surface area contributed by atoms with Crippen LogP contribution >= 0.6 is 0 Å². The predicted octanol–water partition coefficient (Wildman–Crippen LogP) is 2.78. The van der Waals surface area contributed by atoms with Crippen LogP contribution in [0.4, 0.5) is 10.5 Å². The molecule has 0 aromatic heterocycles. The molecule has 1 saturated heterocycles. The number of carboxylic acid groups (broad SMARTS) is 1. The first-order valence-electron chi connectivity index (χ1n) is 8.14. The third-order valence-electron chi connectivity index (χ3n) is 4.18. The summed E-state index contributed by atoms with van der Waals surface area (Å²) in [5, 5.41) is 14.6. The van der Waals surface area contributed by atoms with Crippen LogP contribution in [0.2, 0.25) is 0 Å². The minimum absolute atomic E-state index is 0.531. The molecule has 1 aromatic rings. The quantitative estimate of drug-likeness (QED) is 0.678. The van der Waals surface area contributed by atoms with Crippen LogP contribution in [-0.2, 0) is 6.42 Å². The van der Waals surface area contributed by atoms with E-state index < -0.39 is 6.09 Å². The monoisotopic (exact) mass is 305 g/mol. The fraction of sp³-hybridized carbons (Fsp3) is 0.588. The molecule has 1 aliphatic rings. The van der Waals surface area contributed by atoms with Gasteiger partial charge in [-0.25, -0.2) is 4.79 Å². The van der Waals surface area contributed by atoms with Gasteiger partial charge in [0.15, 0.2) is 0 Å². The number of amides is 1. The van der Waals surface area contributed by atoms with Gasteiger partial charge in [-0.15, -0.1) is 0 Å². The summed E-state index contributed by atoms with van der Waals surface area (Å²) in [5.41, 5.74) is 2.52. The number of aryl methyl sites for hydroxylation is 1. The number of hydrogen-bond donors (Lipinski definition) is 3. The second-order valence-corrected chi connectivity index (χ2v) is 6.11. The second kappa shape index (κ2) is 8.63. The highest BCUT2D eigenvalue weighted by Crippen LogP contribution is 2.18. The Hall–Kier alpha value is -1.75. The van der Waals surface area contributed by atoms with Gasteiger partial charge in [0.25, 0.3) is 0 Å². The predicted molar refractivity (Wildman–Crippen MR) is 89.5 cm³/mol. The summed E-state index contributed by atoms with van der Waals surface area (Å²) in [5.74, 6) is 0. The Kier molecular flexibility index (Phi) is 6.52. The highest BCUT2D eigenvalue weighted by Gasteiger charge is 2.16. The third-order valence-corrected chi connectivity index (χ3v) is 4.18. The van der Waals surface area contributed by atoms with Crippen molar-refractivity contribution in [1.82, 2.24) is 10.2 Å². The van der Waals surface area contributed by atoms with Gasteiger partial charge in [0.05, 0.1) is 0 Å². The Morgan fingerprint density at radius 3 is 2.82 bits per heavy atom. The fourth-order valence-electron chi connectivity index (χ4n) is 2.85. The third kappa shape index (κ3) is 5.93. The largest absolute Gasteiger partial charge is 0.465 e. The van der Waals surface area contributed by atoms with Crippen molar-refractivity contribution in [3.8, 4) is 0 Å². The van der Waals surface area contributed by atoms with E-state index in [2.05, 4.69) is 46.8 Å². The van der Waals surface area contributed by atoms with Crippen LogP contribution in [0.1, 0.15) is 31.2 Å². The van der Waals surface area contributed by atoms with E-state index in [-0.39, 0.29) is 0 Å². The molecule has 0 atom stereocenters. The number of carbonyl (C=O) groups is 1. The van der Waals surface area contributed by atoms with E-state index in [0.717, 1.165) is 32.4 Å². The second-order valence-electron chi connectivity index (χ2n) is 6.11. The summed E-state index contributed by atoms with van der Waals surface area (Å²) in [6, 6.07) is 9.18. The van der Waals surface area contributed by atoms with Crippen LogP contribution < -0.4 is 10.6 Å². The van der Waals surface area contributed by atoms with Crippen molar-refractivity contribution in [2.45, 2.75) is 38.1 Å². The maximum Gasteiger partial charge on any atom is 0.404 e. The van der Waals surface area contributed by atoms with E-state index >= 15 is 0 Å². The van der Waals surface area contributed by atoms with E-state index in [1.807, 2.05) is 0 Å². The molecule has 0 saturated carbocycles. The maximum absolute atomic E-state index is 10.4. The topological polar surface area (TPSA) is 64.6 Å². The lowest BCUT2D eigenvalue weighted by Gasteiger charge is -2.30. The molecule has 0 spiro atoms. The molecular weight excluding hydrogens is 278 g/mol. The van der Waals surface area contributed by atoms with Crippen LogP contribution in [0.15, 0.2) is 24.3 Å². The van der Waals surface area contributed by atoms with Crippen molar-refractivity contribution >= 4 is 11.8 Å². The Morgan fingerprint density at radius 2 is 2.09 bits per heavy atom. The molecule has 2 rings (SSSR count). The number of benzene rings is 1. The van der Waals surface area contributed by atoms with Gasteiger partial charge in [-0.1, -0.05) is 12.1 Å². The molecule has 1 fully saturated rings. The molecule has 1 heterocycles. The van der Waals surface area contributed by atoms with Crippen LogP contribution in [0, 0.1) is 0 Å². The molecule has 1 aromatic carbocycles. The summed E-state index contributed by atoms with van der Waals surface area (Å²) in [6.45, 7) is 2.85. The van der Waals surface area contributed by atoms with Gasteiger partial charge in [0, 0.05) is 18.3 Å². The average molecular weight is 305 g/mol. The van der Waals surface area contributed by atoms with Gasteiger partial charge in [-0.2, -0.15) is 0 Å². The summed E-state index contributed by atoms with van der Waals surface area (Å²) >= 11 is 0. The highest BCUT2D eigenvalue weighted by molar-refractivity contribution is 5.64. The Balaban J connectivity index is 1.73. The molecule has 0 bridgehead atoms. The number of piperidine rings is 1. The molecular formula is C17H27N3O2. The number of rotatable bonds is 7. The molecule has 5 nitrogen and oxygen atoms in total. The van der Waals surface area contributed by atoms with Crippen LogP contribution in [0.25, 0.3) is 0 Å². The van der Waals surface area contributed by atoms with Crippen LogP contribution in [0.3, 0.4) is 0 Å². The highest BCUT2D eigenvalue weighted by atomic mass is 16.4. The SMILES string of the molecule is CN1CCC(Nc2cccc(CCCCNC(=O)O)c2)CC1. The molecule has 0 aliphatic carbocycles. The zero-order valence-electron chi connectivity index (χ0n) is 13.3. The number of nitrogens with one attached hydrogen (secondary N) is 2. The van der Waals surface area contributed by atoms with Gasteiger partial charge in [0.2, 0.25) is 0 Å². The van der Waals surface area contributed by atoms with Crippen molar-refractivity contribution in [2.75, 3.05) is 32.0 Å². The normalized spacial score (nSPS) is 16.4. The van der Waals surface area contributed by atoms with E-state index in [1.165, 1.54) is 24.1 Å². The average Bonchev–Trinajstić information content (AvgIpc) is 2.49. The van der Waals surface area contributed by atoms with Crippen molar-refractivity contribution in [3.05, 3.63) is 29.8 Å². The van der Waals surface area contributed by atoms with E-state index in [9.17, 15) is 4.79 Å². The summed E-state index contributed by atoms with van der Waals surface area (Å²) < 4.78 is 0. The molecule has 3 N–H and O–H groups in total. The van der Waals surface area contributed by atoms with Crippen molar-refractivity contribution < 1.29 is 9.90 Å². The molecule has 0 radical (unpaired) electrons. The molecule has 22 heavy (non-hydrogen) atoms. The Morgan fingerprint density at radius 1 is 1.32 bits per heavy atom. The van der Waals surface area contributed by atoms with E-state index in [4.69, 9.17) is 5.11 Å². The zero-order valence-corrected chi connectivity index (χ0v) is 13.3. The van der Waals surface area contributed by atoms with Gasteiger partial charge >= 0.3 is 6.09 Å². The van der Waals surface area contributed by atoms with Crippen molar-refractivity contribution in [1.29, 1.82) is 0 Å². The zero-order chi connectivity index (χ0) is 15.8. The smallest absolute Gasteiger partial charge is 0.404 e. The minimum Gasteiger partial charge on any atom is -0.465 e. The first-order valence-corrected chi connectivity index (χ1v) is 8.14. The Labute approximate surface area is 132 Å². The first kappa shape index (κ1) is 16.6. The fourth-order valence-corrected chi connectivity index (χ4v) is 2.85. The lowest BCUT2D eigenvalue weighted by atomic mass is 10.0. The number of unbranched alkanes of at least 4 members (excludes halogenated alkanes) is 1. The van der Waals surface area contributed by atoms with Crippen LogP contribution in [-0.4, -0.2) is 48.8 Å². The number of anilines is 1. The Bertz CT molecular complexity index is 471. The van der Waals surface area contributed by atoms with Gasteiger partial charge < -0.3 is 20.6 Å². The number of hydrogen-bond acceptors (Lipinski definition) is 3. The molecule has 1 amide bonds. The summed E-state index contributed by atoms with van der Waals surface area (Å²) in [6.07, 6.45) is 4.31. The van der Waals surface area contributed by atoms with Crippen molar-refractivity contribution in [3.63, 3.8) is 0 Å². The molecule has 0 unspecified atom stereocenters. The minimum atomic E-state index is -0.940. The van der Waals surface area contributed by atoms with Gasteiger partial charge in [0.1, 0.15) is 0 Å². The lowest BCUT2D eigenvalue weighted by molar-refractivity contribution is 0.194. The maximum atomic E-state index is 10.4. The number of nitrogens with zero attached hydrogens (tertiary/aromatic N) is 1. The summed E-state index contributed by atoms with van der Waals surface area (Å²) in [4.78, 5) is 12.7. The lowest BCUT2D eigenvalue weighted by Crippen LogP contribution is -2.36.